The SMILES string of the molecule is CC(OC(=O)Nc1ccc(-c2c(F)c3ccc(OC4CCOCC4)cc3n2C2CCC2)cc1)C1CC1. The minimum absolute atomic E-state index is 0.0723. The van der Waals surface area contributed by atoms with Crippen molar-refractivity contribution in [2.45, 2.75) is 70.1 Å². The van der Waals surface area contributed by atoms with E-state index in [1.165, 1.54) is 0 Å². The van der Waals surface area contributed by atoms with Gasteiger partial charge in [-0.2, -0.15) is 0 Å². The van der Waals surface area contributed by atoms with Crippen LogP contribution in [0.2, 0.25) is 0 Å². The Balaban J connectivity index is 1.27. The molecule has 2 saturated carbocycles. The number of amides is 1. The van der Waals surface area contributed by atoms with Crippen LogP contribution in [0.3, 0.4) is 0 Å². The third-order valence-electron chi connectivity index (χ3n) is 7.81. The van der Waals surface area contributed by atoms with Crippen LogP contribution >= 0.6 is 0 Å². The van der Waals surface area contributed by atoms with Gasteiger partial charge < -0.3 is 18.8 Å². The predicted octanol–water partition coefficient (Wildman–Crippen LogP) is 7.08. The summed E-state index contributed by atoms with van der Waals surface area (Å²) in [6.07, 6.45) is 6.80. The van der Waals surface area contributed by atoms with Crippen molar-refractivity contribution < 1.29 is 23.4 Å². The van der Waals surface area contributed by atoms with E-state index in [-0.39, 0.29) is 24.1 Å². The molecule has 0 radical (unpaired) electrons. The van der Waals surface area contributed by atoms with Gasteiger partial charge in [-0.3, -0.25) is 5.32 Å². The average Bonchev–Trinajstić information content (AvgIpc) is 3.66. The van der Waals surface area contributed by atoms with Crippen molar-refractivity contribution in [1.29, 1.82) is 0 Å². The molecule has 1 aliphatic heterocycles. The van der Waals surface area contributed by atoms with Crippen molar-refractivity contribution in [2.75, 3.05) is 18.5 Å². The van der Waals surface area contributed by atoms with Crippen molar-refractivity contribution in [3.8, 4) is 17.0 Å². The standard InChI is InChI=1S/C29H33FN2O4/c1-18(19-5-6-19)35-29(33)31-21-9-7-20(8-10-21)28-27(30)25-12-11-24(36-23-13-15-34-16-14-23)17-26(25)32(28)22-3-2-4-22/h7-12,17-19,22-23H,2-6,13-16H2,1H3,(H,31,33). The van der Waals surface area contributed by atoms with Crippen LogP contribution in [0, 0.1) is 11.7 Å². The second kappa shape index (κ2) is 9.77. The van der Waals surface area contributed by atoms with Gasteiger partial charge in [0.15, 0.2) is 5.82 Å². The highest BCUT2D eigenvalue weighted by Gasteiger charge is 2.31. The van der Waals surface area contributed by atoms with Crippen LogP contribution in [0.1, 0.15) is 57.9 Å². The molecule has 1 amide bonds. The van der Waals surface area contributed by atoms with Gasteiger partial charge in [0.2, 0.25) is 0 Å². The van der Waals surface area contributed by atoms with Gasteiger partial charge in [-0.15, -0.1) is 0 Å². The van der Waals surface area contributed by atoms with Gasteiger partial charge in [-0.25, -0.2) is 9.18 Å². The number of nitrogens with one attached hydrogen (secondary N) is 1. The normalized spacial score (nSPS) is 19.6. The molecule has 2 aliphatic carbocycles. The van der Waals surface area contributed by atoms with Crippen LogP contribution < -0.4 is 10.1 Å². The van der Waals surface area contributed by atoms with Crippen LogP contribution in [0.25, 0.3) is 22.2 Å². The lowest BCUT2D eigenvalue weighted by Gasteiger charge is -2.30. The maximum absolute atomic E-state index is 15.9. The van der Waals surface area contributed by atoms with Crippen molar-refractivity contribution >= 4 is 22.7 Å². The second-order valence-corrected chi connectivity index (χ2v) is 10.4. The summed E-state index contributed by atoms with van der Waals surface area (Å²) >= 11 is 0. The molecule has 2 aromatic carbocycles. The van der Waals surface area contributed by atoms with E-state index in [9.17, 15) is 4.79 Å². The number of rotatable bonds is 7. The van der Waals surface area contributed by atoms with Gasteiger partial charge in [0.1, 0.15) is 18.0 Å². The molecule has 0 bridgehead atoms. The van der Waals surface area contributed by atoms with E-state index in [2.05, 4.69) is 9.88 Å². The minimum Gasteiger partial charge on any atom is -0.490 e. The number of fused-ring (bicyclic) bond motifs is 1. The van der Waals surface area contributed by atoms with Crippen LogP contribution in [0.15, 0.2) is 42.5 Å². The minimum atomic E-state index is -0.450. The van der Waals surface area contributed by atoms with E-state index in [1.807, 2.05) is 37.3 Å². The fourth-order valence-electron chi connectivity index (χ4n) is 5.29. The lowest BCUT2D eigenvalue weighted by atomic mass is 9.92. The number of aromatic nitrogens is 1. The molecule has 36 heavy (non-hydrogen) atoms. The molecule has 2 heterocycles. The zero-order valence-electron chi connectivity index (χ0n) is 20.7. The Morgan fingerprint density at radius 2 is 1.81 bits per heavy atom. The van der Waals surface area contributed by atoms with Gasteiger partial charge in [0, 0.05) is 41.6 Å². The molecule has 3 aliphatic rings. The zero-order valence-corrected chi connectivity index (χ0v) is 20.7. The fourth-order valence-corrected chi connectivity index (χ4v) is 5.29. The first kappa shape index (κ1) is 23.3. The monoisotopic (exact) mass is 492 g/mol. The average molecular weight is 493 g/mol. The molecule has 6 nitrogen and oxygen atoms in total. The highest BCUT2D eigenvalue weighted by atomic mass is 19.1. The third-order valence-corrected chi connectivity index (χ3v) is 7.81. The summed E-state index contributed by atoms with van der Waals surface area (Å²) in [6, 6.07) is 13.3. The Kier molecular flexibility index (Phi) is 6.34. The number of anilines is 1. The molecule has 7 heteroatoms. The van der Waals surface area contributed by atoms with Crippen molar-refractivity contribution in [3.05, 3.63) is 48.3 Å². The van der Waals surface area contributed by atoms with E-state index in [0.717, 1.165) is 61.8 Å². The van der Waals surface area contributed by atoms with Crippen molar-refractivity contribution in [3.63, 3.8) is 0 Å². The van der Waals surface area contributed by atoms with E-state index >= 15 is 4.39 Å². The highest BCUT2D eigenvalue weighted by molar-refractivity contribution is 5.90. The number of nitrogens with zero attached hydrogens (tertiary/aromatic N) is 1. The Hall–Kier alpha value is -3.06. The highest BCUT2D eigenvalue weighted by Crippen LogP contribution is 2.43. The summed E-state index contributed by atoms with van der Waals surface area (Å²) in [5.41, 5.74) is 2.88. The predicted molar refractivity (Wildman–Crippen MR) is 137 cm³/mol. The molecular weight excluding hydrogens is 459 g/mol. The Morgan fingerprint density at radius 3 is 2.47 bits per heavy atom. The zero-order chi connectivity index (χ0) is 24.6. The Bertz CT molecular complexity index is 1240. The summed E-state index contributed by atoms with van der Waals surface area (Å²) < 4.78 is 35.1. The number of benzene rings is 2. The van der Waals surface area contributed by atoms with E-state index in [0.29, 0.717) is 35.9 Å². The number of ether oxygens (including phenoxy) is 3. The van der Waals surface area contributed by atoms with E-state index in [4.69, 9.17) is 14.2 Å². The molecule has 190 valence electrons. The van der Waals surface area contributed by atoms with Crippen molar-refractivity contribution in [1.82, 2.24) is 4.57 Å². The Labute approximate surface area is 210 Å². The van der Waals surface area contributed by atoms with Gasteiger partial charge >= 0.3 is 6.09 Å². The van der Waals surface area contributed by atoms with Gasteiger partial charge in [-0.1, -0.05) is 12.1 Å². The largest absolute Gasteiger partial charge is 0.490 e. The maximum atomic E-state index is 15.9. The summed E-state index contributed by atoms with van der Waals surface area (Å²) in [4.78, 5) is 12.2. The number of halogens is 1. The number of carbonyl (C=O) groups is 1. The molecule has 1 aromatic heterocycles. The van der Waals surface area contributed by atoms with Crippen LogP contribution in [-0.4, -0.2) is 36.1 Å². The second-order valence-electron chi connectivity index (χ2n) is 10.4. The topological polar surface area (TPSA) is 61.7 Å². The molecular formula is C29H33FN2O4. The van der Waals surface area contributed by atoms with Gasteiger partial charge in [0.25, 0.3) is 0 Å². The first-order valence-electron chi connectivity index (χ1n) is 13.2. The van der Waals surface area contributed by atoms with Crippen LogP contribution in [0.5, 0.6) is 5.75 Å². The lowest BCUT2D eigenvalue weighted by Crippen LogP contribution is -2.25. The van der Waals surface area contributed by atoms with Gasteiger partial charge in [0.05, 0.1) is 24.4 Å². The summed E-state index contributed by atoms with van der Waals surface area (Å²) in [5, 5.41) is 3.40. The van der Waals surface area contributed by atoms with Gasteiger partial charge in [-0.05, 0) is 69.2 Å². The van der Waals surface area contributed by atoms with Crippen LogP contribution in [0.4, 0.5) is 14.9 Å². The molecule has 1 N–H and O–H groups in total. The van der Waals surface area contributed by atoms with Crippen molar-refractivity contribution in [2.24, 2.45) is 5.92 Å². The quantitative estimate of drug-likeness (QED) is 0.383. The summed E-state index contributed by atoms with van der Waals surface area (Å²) in [7, 11) is 0. The molecule has 6 rings (SSSR count). The maximum Gasteiger partial charge on any atom is 0.411 e. The molecule has 3 aromatic rings. The fraction of sp³-hybridized carbons (Fsp3) is 0.483. The first-order chi connectivity index (χ1) is 17.6. The number of hydrogen-bond donors (Lipinski definition) is 1. The summed E-state index contributed by atoms with van der Waals surface area (Å²) in [5.74, 6) is 1.04. The number of carbonyl (C=O) groups excluding carboxylic acids is 1. The molecule has 3 fully saturated rings. The van der Waals surface area contributed by atoms with Crippen LogP contribution in [-0.2, 0) is 9.47 Å². The van der Waals surface area contributed by atoms with E-state index < -0.39 is 6.09 Å². The first-order valence-corrected chi connectivity index (χ1v) is 13.2. The Morgan fingerprint density at radius 1 is 1.06 bits per heavy atom. The molecule has 1 saturated heterocycles. The lowest BCUT2D eigenvalue weighted by molar-refractivity contribution is 0.0256. The molecule has 1 unspecified atom stereocenters. The van der Waals surface area contributed by atoms with E-state index in [1.54, 1.807) is 12.1 Å². The summed E-state index contributed by atoms with van der Waals surface area (Å²) in [6.45, 7) is 3.36. The molecule has 0 spiro atoms. The third kappa shape index (κ3) is 4.69. The number of hydrogen-bond acceptors (Lipinski definition) is 4. The molecule has 1 atom stereocenters. The smallest absolute Gasteiger partial charge is 0.411 e.